The third-order valence-corrected chi connectivity index (χ3v) is 3.20. The lowest BCUT2D eigenvalue weighted by Gasteiger charge is -2.14. The zero-order chi connectivity index (χ0) is 14.2. The smallest absolute Gasteiger partial charge is 0.298 e. The highest BCUT2D eigenvalue weighted by Crippen LogP contribution is 2.18. The molecular weight excluding hydrogens is 271 g/mol. The average Bonchev–Trinajstić information content (AvgIpc) is 2.31. The second kappa shape index (κ2) is 5.01. The first-order chi connectivity index (χ1) is 8.90. The highest BCUT2D eigenvalue weighted by molar-refractivity contribution is 6.29. The largest absolute Gasteiger partial charge is 0.330 e. The van der Waals surface area contributed by atoms with E-state index >= 15 is 0 Å². The van der Waals surface area contributed by atoms with Gasteiger partial charge in [-0.1, -0.05) is 23.7 Å². The molecule has 0 saturated carbocycles. The normalized spacial score (nSPS) is 12.4. The van der Waals surface area contributed by atoms with Crippen molar-refractivity contribution in [2.75, 3.05) is 0 Å². The number of aryl methyl sites for hydroxylation is 1. The van der Waals surface area contributed by atoms with Gasteiger partial charge in [0, 0.05) is 6.07 Å². The van der Waals surface area contributed by atoms with E-state index in [1.54, 1.807) is 26.0 Å². The molecule has 19 heavy (non-hydrogen) atoms. The molecule has 1 aromatic carbocycles. The van der Waals surface area contributed by atoms with E-state index in [4.69, 9.17) is 11.6 Å². The SMILES string of the molecule is Cc1ccc(C(C)n2c(=O)cc(Cl)[nH]c2=O)cc1F. The lowest BCUT2D eigenvalue weighted by atomic mass is 10.1. The minimum atomic E-state index is -0.619. The van der Waals surface area contributed by atoms with Gasteiger partial charge in [-0.25, -0.2) is 9.18 Å². The molecule has 1 unspecified atom stereocenters. The molecule has 1 aromatic heterocycles. The summed E-state index contributed by atoms with van der Waals surface area (Å²) in [5.74, 6) is -0.372. The molecule has 0 amide bonds. The molecule has 1 atom stereocenters. The van der Waals surface area contributed by atoms with Crippen LogP contribution in [0.2, 0.25) is 5.15 Å². The predicted molar refractivity (Wildman–Crippen MR) is 71.3 cm³/mol. The molecule has 2 rings (SSSR count). The molecular formula is C13H12ClFN2O2. The van der Waals surface area contributed by atoms with Crippen LogP contribution in [0.25, 0.3) is 0 Å². The Bertz CT molecular complexity index is 705. The van der Waals surface area contributed by atoms with Gasteiger partial charge >= 0.3 is 5.69 Å². The summed E-state index contributed by atoms with van der Waals surface area (Å²) in [5.41, 5.74) is -0.0976. The number of rotatable bonds is 2. The molecule has 0 fully saturated rings. The molecule has 0 spiro atoms. The summed E-state index contributed by atoms with van der Waals surface area (Å²) in [6.45, 7) is 3.29. The molecule has 0 aliphatic heterocycles. The summed E-state index contributed by atoms with van der Waals surface area (Å²) in [6.07, 6.45) is 0. The number of nitrogens with zero attached hydrogens (tertiary/aromatic N) is 1. The van der Waals surface area contributed by atoms with Gasteiger partial charge in [0.05, 0.1) is 6.04 Å². The summed E-state index contributed by atoms with van der Waals surface area (Å²) in [6, 6.07) is 5.15. The van der Waals surface area contributed by atoms with Crippen LogP contribution in [0.15, 0.2) is 33.9 Å². The molecule has 0 bridgehead atoms. The van der Waals surface area contributed by atoms with Crippen molar-refractivity contribution in [3.05, 3.63) is 67.2 Å². The number of nitrogens with one attached hydrogen (secondary N) is 1. The zero-order valence-electron chi connectivity index (χ0n) is 10.4. The van der Waals surface area contributed by atoms with Gasteiger partial charge in [0.1, 0.15) is 11.0 Å². The Labute approximate surface area is 113 Å². The lowest BCUT2D eigenvalue weighted by Crippen LogP contribution is -2.37. The van der Waals surface area contributed by atoms with E-state index in [1.165, 1.54) is 6.07 Å². The van der Waals surface area contributed by atoms with Crippen molar-refractivity contribution in [2.24, 2.45) is 0 Å². The Balaban J connectivity index is 2.56. The molecule has 1 heterocycles. The van der Waals surface area contributed by atoms with Crippen LogP contribution < -0.4 is 11.2 Å². The second-order valence-electron chi connectivity index (χ2n) is 4.32. The maximum atomic E-state index is 13.5. The van der Waals surface area contributed by atoms with Crippen molar-refractivity contribution in [1.82, 2.24) is 9.55 Å². The minimum absolute atomic E-state index is 0.0199. The first-order valence-corrected chi connectivity index (χ1v) is 6.05. The van der Waals surface area contributed by atoms with Crippen molar-refractivity contribution < 1.29 is 4.39 Å². The maximum absolute atomic E-state index is 13.5. The number of aromatic nitrogens is 2. The highest BCUT2D eigenvalue weighted by Gasteiger charge is 2.14. The van der Waals surface area contributed by atoms with E-state index in [-0.39, 0.29) is 11.0 Å². The Morgan fingerprint density at radius 2 is 2.00 bits per heavy atom. The summed E-state index contributed by atoms with van der Waals surface area (Å²) in [5, 5.41) is -0.0199. The fourth-order valence-electron chi connectivity index (χ4n) is 1.86. The fraction of sp³-hybridized carbons (Fsp3) is 0.231. The lowest BCUT2D eigenvalue weighted by molar-refractivity contribution is 0.565. The van der Waals surface area contributed by atoms with E-state index < -0.39 is 17.3 Å². The van der Waals surface area contributed by atoms with Gasteiger partial charge in [-0.05, 0) is 31.0 Å². The number of benzene rings is 1. The molecule has 6 heteroatoms. The van der Waals surface area contributed by atoms with E-state index in [0.717, 1.165) is 10.6 Å². The van der Waals surface area contributed by atoms with Crippen LogP contribution in [0.3, 0.4) is 0 Å². The Morgan fingerprint density at radius 3 is 2.58 bits per heavy atom. The topological polar surface area (TPSA) is 54.9 Å². The summed E-state index contributed by atoms with van der Waals surface area (Å²) < 4.78 is 14.5. The van der Waals surface area contributed by atoms with Gasteiger partial charge < -0.3 is 0 Å². The third kappa shape index (κ3) is 2.61. The van der Waals surface area contributed by atoms with Gasteiger partial charge in [-0.2, -0.15) is 0 Å². The predicted octanol–water partition coefficient (Wildman–Crippen LogP) is 2.25. The Kier molecular flexibility index (Phi) is 3.57. The fourth-order valence-corrected chi connectivity index (χ4v) is 2.04. The van der Waals surface area contributed by atoms with E-state index in [1.807, 2.05) is 0 Å². The zero-order valence-corrected chi connectivity index (χ0v) is 11.2. The van der Waals surface area contributed by atoms with Gasteiger partial charge in [-0.3, -0.25) is 14.3 Å². The number of hydrogen-bond donors (Lipinski definition) is 1. The van der Waals surface area contributed by atoms with Crippen LogP contribution in [0.1, 0.15) is 24.1 Å². The number of H-pyrrole nitrogens is 1. The Hall–Kier alpha value is -1.88. The standard InChI is InChI=1S/C13H12ClFN2O2/c1-7-3-4-9(5-10(7)15)8(2)17-12(18)6-11(14)16-13(17)19/h3-6,8H,1-2H3,(H,16,19). The van der Waals surface area contributed by atoms with Crippen LogP contribution >= 0.6 is 11.6 Å². The van der Waals surface area contributed by atoms with E-state index in [0.29, 0.717) is 11.1 Å². The third-order valence-electron chi connectivity index (χ3n) is 3.00. The Morgan fingerprint density at radius 1 is 1.32 bits per heavy atom. The van der Waals surface area contributed by atoms with Crippen LogP contribution in [0.4, 0.5) is 4.39 Å². The number of halogens is 2. The highest BCUT2D eigenvalue weighted by atomic mass is 35.5. The van der Waals surface area contributed by atoms with Crippen molar-refractivity contribution in [3.8, 4) is 0 Å². The van der Waals surface area contributed by atoms with Crippen LogP contribution in [-0.4, -0.2) is 9.55 Å². The number of hydrogen-bond acceptors (Lipinski definition) is 2. The molecule has 0 aliphatic carbocycles. The van der Waals surface area contributed by atoms with Crippen molar-refractivity contribution in [2.45, 2.75) is 19.9 Å². The minimum Gasteiger partial charge on any atom is -0.298 e. The number of aromatic amines is 1. The molecule has 0 aliphatic rings. The average molecular weight is 283 g/mol. The van der Waals surface area contributed by atoms with Crippen molar-refractivity contribution in [1.29, 1.82) is 0 Å². The van der Waals surface area contributed by atoms with Gasteiger partial charge in [0.15, 0.2) is 0 Å². The van der Waals surface area contributed by atoms with E-state index in [2.05, 4.69) is 4.98 Å². The quantitative estimate of drug-likeness (QED) is 0.859. The first kappa shape index (κ1) is 13.5. The monoisotopic (exact) mass is 282 g/mol. The summed E-state index contributed by atoms with van der Waals surface area (Å²) in [4.78, 5) is 25.9. The van der Waals surface area contributed by atoms with Crippen molar-refractivity contribution in [3.63, 3.8) is 0 Å². The van der Waals surface area contributed by atoms with Gasteiger partial charge in [0.2, 0.25) is 0 Å². The van der Waals surface area contributed by atoms with Crippen LogP contribution in [-0.2, 0) is 0 Å². The van der Waals surface area contributed by atoms with Gasteiger partial charge in [-0.15, -0.1) is 0 Å². The van der Waals surface area contributed by atoms with Crippen LogP contribution in [0.5, 0.6) is 0 Å². The van der Waals surface area contributed by atoms with Crippen molar-refractivity contribution >= 4 is 11.6 Å². The summed E-state index contributed by atoms with van der Waals surface area (Å²) in [7, 11) is 0. The molecule has 2 aromatic rings. The molecule has 4 nitrogen and oxygen atoms in total. The maximum Gasteiger partial charge on any atom is 0.330 e. The van der Waals surface area contributed by atoms with Gasteiger partial charge in [0.25, 0.3) is 5.56 Å². The molecule has 0 saturated heterocycles. The molecule has 0 radical (unpaired) electrons. The molecule has 100 valence electrons. The second-order valence-corrected chi connectivity index (χ2v) is 4.72. The van der Waals surface area contributed by atoms with Crippen LogP contribution in [0, 0.1) is 12.7 Å². The summed E-state index contributed by atoms with van der Waals surface area (Å²) >= 11 is 5.59. The first-order valence-electron chi connectivity index (χ1n) is 5.67. The molecule has 1 N–H and O–H groups in total. The van der Waals surface area contributed by atoms with E-state index in [9.17, 15) is 14.0 Å².